The average molecular weight is 483 g/mol. The predicted octanol–water partition coefficient (Wildman–Crippen LogP) is 5.43. The van der Waals surface area contributed by atoms with Gasteiger partial charge in [-0.15, -0.1) is 0 Å². The van der Waals surface area contributed by atoms with Gasteiger partial charge in [0, 0.05) is 34.8 Å². The Balaban J connectivity index is 1.78. The van der Waals surface area contributed by atoms with Gasteiger partial charge in [-0.2, -0.15) is 0 Å². The van der Waals surface area contributed by atoms with E-state index in [0.29, 0.717) is 42.1 Å². The average Bonchev–Trinajstić information content (AvgIpc) is 3.28. The summed E-state index contributed by atoms with van der Waals surface area (Å²) in [7, 11) is -0.321. The molecule has 8 heteroatoms. The minimum absolute atomic E-state index is 0.0734. The molecule has 3 aromatic rings. The Morgan fingerprint density at radius 2 is 1.91 bits per heavy atom. The molecule has 3 N–H and O–H groups in total. The lowest BCUT2D eigenvalue weighted by molar-refractivity contribution is 0.111. The molecule has 0 spiro atoms. The molecule has 2 aromatic heterocycles. The number of aromatic hydroxyl groups is 2. The first-order chi connectivity index (χ1) is 16.0. The summed E-state index contributed by atoms with van der Waals surface area (Å²) in [6, 6.07) is 9.48. The number of hydrogen-bond acceptors (Lipinski definition) is 5. The zero-order valence-corrected chi connectivity index (χ0v) is 21.7. The number of H-pyrrole nitrogens is 1. The number of para-hydroxylation sites is 1. The van der Waals surface area contributed by atoms with E-state index in [-0.39, 0.29) is 22.7 Å². The molecule has 0 bridgehead atoms. The van der Waals surface area contributed by atoms with E-state index in [9.17, 15) is 15.0 Å². The van der Waals surface area contributed by atoms with Crippen molar-refractivity contribution in [2.24, 2.45) is 0 Å². The van der Waals surface area contributed by atoms with Crippen LogP contribution < -0.4 is 4.74 Å². The second-order valence-corrected chi connectivity index (χ2v) is 15.2. The molecule has 1 aromatic carbocycles. The molecule has 2 heterocycles. The van der Waals surface area contributed by atoms with Gasteiger partial charge in [-0.05, 0) is 36.7 Å². The summed E-state index contributed by atoms with van der Waals surface area (Å²) in [6.45, 7) is 12.1. The molecular weight excluding hydrogens is 448 g/mol. The van der Waals surface area contributed by atoms with E-state index < -0.39 is 8.32 Å². The number of aromatic nitrogens is 2. The highest BCUT2D eigenvalue weighted by atomic mass is 28.4. The quantitative estimate of drug-likeness (QED) is 0.308. The van der Waals surface area contributed by atoms with Crippen molar-refractivity contribution >= 4 is 14.6 Å². The van der Waals surface area contributed by atoms with Crippen LogP contribution in [0.15, 0.2) is 30.3 Å². The number of nitrogens with one attached hydrogen (secondary N) is 1. The Bertz CT molecular complexity index is 1220. The van der Waals surface area contributed by atoms with Gasteiger partial charge in [0.1, 0.15) is 5.75 Å². The summed E-state index contributed by atoms with van der Waals surface area (Å²) in [4.78, 5) is 14.7. The fourth-order valence-electron chi connectivity index (χ4n) is 4.63. The maximum Gasteiger partial charge on any atom is 0.199 e. The largest absolute Gasteiger partial charge is 0.496 e. The summed E-state index contributed by atoms with van der Waals surface area (Å²) in [6.07, 6.45) is 1.38. The van der Waals surface area contributed by atoms with Crippen molar-refractivity contribution < 1.29 is 24.2 Å². The third kappa shape index (κ3) is 3.94. The van der Waals surface area contributed by atoms with Gasteiger partial charge in [0.25, 0.3) is 0 Å². The van der Waals surface area contributed by atoms with Crippen molar-refractivity contribution in [1.82, 2.24) is 9.55 Å². The molecule has 0 fully saturated rings. The van der Waals surface area contributed by atoms with Gasteiger partial charge in [0.15, 0.2) is 26.4 Å². The maximum atomic E-state index is 12.0. The van der Waals surface area contributed by atoms with Crippen LogP contribution in [0.5, 0.6) is 17.5 Å². The normalized spacial score (nSPS) is 15.6. The van der Waals surface area contributed by atoms with E-state index in [2.05, 4.69) is 38.8 Å². The summed E-state index contributed by atoms with van der Waals surface area (Å²) in [5.74, 6) is 0.262. The number of aromatic amines is 1. The Morgan fingerprint density at radius 1 is 1.21 bits per heavy atom. The van der Waals surface area contributed by atoms with Gasteiger partial charge in [0.2, 0.25) is 0 Å². The monoisotopic (exact) mass is 482 g/mol. The number of benzene rings is 1. The number of carbonyl (C=O) groups excluding carboxylic acids is 1. The van der Waals surface area contributed by atoms with E-state index in [4.69, 9.17) is 9.16 Å². The van der Waals surface area contributed by atoms with Crippen molar-refractivity contribution in [2.45, 2.75) is 57.8 Å². The maximum absolute atomic E-state index is 12.0. The first kappa shape index (κ1) is 24.2. The molecule has 1 unspecified atom stereocenters. The molecule has 7 nitrogen and oxygen atoms in total. The highest BCUT2D eigenvalue weighted by Gasteiger charge is 2.38. The lowest BCUT2D eigenvalue weighted by Gasteiger charge is -2.36. The number of aldehydes is 1. The van der Waals surface area contributed by atoms with E-state index in [1.807, 2.05) is 28.8 Å². The third-order valence-corrected chi connectivity index (χ3v) is 12.0. The van der Waals surface area contributed by atoms with Crippen LogP contribution in [0.2, 0.25) is 18.1 Å². The smallest absolute Gasteiger partial charge is 0.199 e. The molecule has 34 heavy (non-hydrogen) atoms. The van der Waals surface area contributed by atoms with Crippen LogP contribution >= 0.6 is 0 Å². The van der Waals surface area contributed by atoms with Crippen molar-refractivity contribution in [1.29, 1.82) is 0 Å². The molecular formula is C26H34N2O5Si. The second-order valence-electron chi connectivity index (χ2n) is 10.4. The Labute approximate surface area is 201 Å². The Morgan fingerprint density at radius 3 is 2.56 bits per heavy atom. The first-order valence-electron chi connectivity index (χ1n) is 11.6. The van der Waals surface area contributed by atoms with Gasteiger partial charge < -0.3 is 23.9 Å². The number of nitrogens with zero attached hydrogens (tertiary/aromatic N) is 1. The van der Waals surface area contributed by atoms with Gasteiger partial charge in [-0.25, -0.2) is 0 Å². The number of rotatable bonds is 7. The molecule has 1 aliphatic rings. The molecule has 0 radical (unpaired) electrons. The molecule has 1 atom stereocenters. The van der Waals surface area contributed by atoms with Crippen LogP contribution in [0.3, 0.4) is 0 Å². The fraction of sp³-hybridized carbons (Fsp3) is 0.423. The molecule has 182 valence electrons. The zero-order chi connectivity index (χ0) is 24.8. The summed E-state index contributed by atoms with van der Waals surface area (Å²) < 4.78 is 14.0. The predicted molar refractivity (Wildman–Crippen MR) is 135 cm³/mol. The van der Waals surface area contributed by atoms with Crippen LogP contribution in [0, 0.1) is 0 Å². The highest BCUT2D eigenvalue weighted by molar-refractivity contribution is 6.74. The minimum Gasteiger partial charge on any atom is -0.496 e. The van der Waals surface area contributed by atoms with E-state index in [1.165, 1.54) is 0 Å². The lowest BCUT2D eigenvalue weighted by Crippen LogP contribution is -2.41. The van der Waals surface area contributed by atoms with Crippen LogP contribution in [0.4, 0.5) is 0 Å². The molecule has 0 saturated heterocycles. The number of fused-ring (bicyclic) bond motifs is 3. The standard InChI is InChI=1S/C26H34N2O5Si/c1-26(2,3)34(5,6)33-12-11-28-16(15-29)13-19-20(28)14-18(17-9-7-8-10-21(17)32-4)22-23(19)25(31)27-24(22)30/h7-10,13,15,18,27,30-31H,11-12,14H2,1-6H3. The summed E-state index contributed by atoms with van der Waals surface area (Å²) >= 11 is 0. The van der Waals surface area contributed by atoms with Crippen LogP contribution in [-0.4, -0.2) is 48.1 Å². The van der Waals surface area contributed by atoms with Crippen LogP contribution in [0.1, 0.15) is 54.0 Å². The number of ether oxygens (including phenoxy) is 1. The molecule has 0 saturated carbocycles. The third-order valence-electron chi connectivity index (χ3n) is 7.47. The second kappa shape index (κ2) is 8.67. The molecule has 0 aliphatic heterocycles. The van der Waals surface area contributed by atoms with Gasteiger partial charge >= 0.3 is 0 Å². The Hall–Kier alpha value is -2.97. The topological polar surface area (TPSA) is 96.7 Å². The minimum atomic E-state index is -1.94. The van der Waals surface area contributed by atoms with Crippen molar-refractivity contribution in [3.05, 3.63) is 52.8 Å². The number of methoxy groups -OCH3 is 1. The molecule has 4 rings (SSSR count). The molecule has 1 aliphatic carbocycles. The van der Waals surface area contributed by atoms with Gasteiger partial charge in [0.05, 0.1) is 25.0 Å². The number of hydrogen-bond donors (Lipinski definition) is 3. The fourth-order valence-corrected chi connectivity index (χ4v) is 5.67. The van der Waals surface area contributed by atoms with Crippen molar-refractivity contribution in [3.8, 4) is 28.6 Å². The van der Waals surface area contributed by atoms with E-state index in [0.717, 1.165) is 23.1 Å². The van der Waals surface area contributed by atoms with E-state index in [1.54, 1.807) is 13.2 Å². The van der Waals surface area contributed by atoms with Crippen LogP contribution in [-0.2, 0) is 17.4 Å². The highest BCUT2D eigenvalue weighted by Crippen LogP contribution is 2.52. The Kier molecular flexibility index (Phi) is 6.16. The molecule has 0 amide bonds. The van der Waals surface area contributed by atoms with Crippen molar-refractivity contribution in [3.63, 3.8) is 0 Å². The SMILES string of the molecule is COc1ccccc1C1Cc2c(cc(C=O)n2CCO[Si](C)(C)C(C)(C)C)-c2c(O)[nH]c(O)c21. The van der Waals surface area contributed by atoms with E-state index >= 15 is 0 Å². The van der Waals surface area contributed by atoms with Gasteiger partial charge in [-0.3, -0.25) is 9.78 Å². The first-order valence-corrected chi connectivity index (χ1v) is 14.5. The summed E-state index contributed by atoms with van der Waals surface area (Å²) in [5.41, 5.74) is 4.26. The van der Waals surface area contributed by atoms with Crippen molar-refractivity contribution in [2.75, 3.05) is 13.7 Å². The summed E-state index contributed by atoms with van der Waals surface area (Å²) in [5, 5.41) is 21.5. The van der Waals surface area contributed by atoms with Gasteiger partial charge in [-0.1, -0.05) is 39.0 Å². The zero-order valence-electron chi connectivity index (χ0n) is 20.7. The van der Waals surface area contributed by atoms with Crippen LogP contribution in [0.25, 0.3) is 11.1 Å². The lowest BCUT2D eigenvalue weighted by atomic mass is 9.79. The number of carbonyl (C=O) groups is 1.